The monoisotopic (exact) mass is 697 g/mol. The van der Waals surface area contributed by atoms with Crippen molar-refractivity contribution in [3.05, 3.63) is 124 Å². The molecular formula is C38H40BrN3O5. The van der Waals surface area contributed by atoms with Crippen LogP contribution in [-0.4, -0.2) is 52.9 Å². The van der Waals surface area contributed by atoms with Gasteiger partial charge in [-0.05, 0) is 78.3 Å². The van der Waals surface area contributed by atoms with Crippen LogP contribution in [0.1, 0.15) is 54.9 Å². The molecule has 0 radical (unpaired) electrons. The fourth-order valence-electron chi connectivity index (χ4n) is 6.19. The van der Waals surface area contributed by atoms with Crippen LogP contribution in [0.5, 0.6) is 5.75 Å². The lowest BCUT2D eigenvalue weighted by Crippen LogP contribution is -2.56. The van der Waals surface area contributed by atoms with Gasteiger partial charge in [-0.3, -0.25) is 10.2 Å². The largest absolute Gasteiger partial charge is 0.494 e. The molecule has 1 fully saturated rings. The number of hydrogen-bond acceptors (Lipinski definition) is 7. The number of rotatable bonds is 12. The highest BCUT2D eigenvalue weighted by Gasteiger charge is 2.53. The van der Waals surface area contributed by atoms with Crippen LogP contribution in [0.3, 0.4) is 0 Å². The highest BCUT2D eigenvalue weighted by atomic mass is 79.9. The standard InChI is InChI=1S/C38H40BrN3O5/c39-34-10-5-4-9-30(34)25-38(37(45)42-41-31-17-19-32(44)20-18-31)35(28-13-11-27(12-14-28)26-7-2-1-3-8-26)47-36(40-38)29-15-21-33(22-16-29)46-24-6-23-43/h1-5,7-16,21-22,31-32,35,41,43-44H,6,17-20,23-25H2,(H,42,45)/t31?,32?,35-,38-/m0/s1. The third-order valence-corrected chi connectivity index (χ3v) is 9.63. The number of nitrogens with one attached hydrogen (secondary N) is 2. The van der Waals surface area contributed by atoms with E-state index in [0.29, 0.717) is 37.5 Å². The van der Waals surface area contributed by atoms with E-state index >= 15 is 0 Å². The number of halogens is 1. The SMILES string of the molecule is O=C(NNC1CCC(O)CC1)[C@@]1(Cc2ccccc2Br)N=C(c2ccc(OCCCO)cc2)O[C@H]1c1ccc(-c2ccccc2)cc1. The number of benzene rings is 4. The van der Waals surface area contributed by atoms with Crippen LogP contribution >= 0.6 is 15.9 Å². The molecule has 0 bridgehead atoms. The number of aliphatic imine (C=N–C) groups is 1. The second-order valence-electron chi connectivity index (χ2n) is 12.1. The van der Waals surface area contributed by atoms with Gasteiger partial charge in [-0.15, -0.1) is 0 Å². The minimum absolute atomic E-state index is 0.0515. The predicted octanol–water partition coefficient (Wildman–Crippen LogP) is 6.30. The lowest BCUT2D eigenvalue weighted by molar-refractivity contribution is -0.130. The summed E-state index contributed by atoms with van der Waals surface area (Å²) in [4.78, 5) is 19.7. The summed E-state index contributed by atoms with van der Waals surface area (Å²) in [6.07, 6.45) is 2.71. The molecule has 6 rings (SSSR count). The van der Waals surface area contributed by atoms with Crippen molar-refractivity contribution in [2.75, 3.05) is 13.2 Å². The number of ether oxygens (including phenoxy) is 2. The van der Waals surface area contributed by atoms with Crippen molar-refractivity contribution in [2.45, 2.75) is 62.3 Å². The first-order valence-corrected chi connectivity index (χ1v) is 17.0. The first-order valence-electron chi connectivity index (χ1n) is 16.2. The summed E-state index contributed by atoms with van der Waals surface area (Å²) in [5.41, 5.74) is 9.56. The summed E-state index contributed by atoms with van der Waals surface area (Å²) in [6, 6.07) is 33.6. The van der Waals surface area contributed by atoms with Crippen molar-refractivity contribution in [3.63, 3.8) is 0 Å². The normalized spacial score (nSPS) is 22.3. The van der Waals surface area contributed by atoms with Crippen molar-refractivity contribution < 1.29 is 24.5 Å². The topological polar surface area (TPSA) is 112 Å². The molecule has 0 aromatic heterocycles. The number of nitrogens with zero attached hydrogens (tertiary/aromatic N) is 1. The third kappa shape index (κ3) is 7.76. The predicted molar refractivity (Wildman–Crippen MR) is 186 cm³/mol. The fourth-order valence-corrected chi connectivity index (χ4v) is 6.62. The van der Waals surface area contributed by atoms with E-state index in [4.69, 9.17) is 19.6 Å². The Labute approximate surface area is 284 Å². The van der Waals surface area contributed by atoms with Crippen molar-refractivity contribution in [1.82, 2.24) is 10.9 Å². The summed E-state index contributed by atoms with van der Waals surface area (Å²) in [5, 5.41) is 19.1. The average molecular weight is 699 g/mol. The number of aliphatic hydroxyl groups is 2. The molecule has 1 aliphatic heterocycles. The quantitative estimate of drug-likeness (QED) is 0.102. The van der Waals surface area contributed by atoms with E-state index in [1.54, 1.807) is 0 Å². The average Bonchev–Trinajstić information content (AvgIpc) is 3.50. The van der Waals surface area contributed by atoms with Gasteiger partial charge in [0.05, 0.1) is 12.7 Å². The lowest BCUT2D eigenvalue weighted by atomic mass is 9.81. The Morgan fingerprint density at radius 1 is 0.872 bits per heavy atom. The summed E-state index contributed by atoms with van der Waals surface area (Å²) in [6.45, 7) is 0.478. The fraction of sp³-hybridized carbons (Fsp3) is 0.316. The lowest BCUT2D eigenvalue weighted by Gasteiger charge is -2.33. The Hall–Kier alpha value is -4.02. The van der Waals surface area contributed by atoms with E-state index in [-0.39, 0.29) is 31.1 Å². The van der Waals surface area contributed by atoms with Crippen LogP contribution in [-0.2, 0) is 16.0 Å². The van der Waals surface area contributed by atoms with Crippen LogP contribution < -0.4 is 15.6 Å². The van der Waals surface area contributed by atoms with Gasteiger partial charge in [0.15, 0.2) is 11.6 Å². The zero-order valence-corrected chi connectivity index (χ0v) is 27.7. The molecular weight excluding hydrogens is 658 g/mol. The number of aliphatic hydroxyl groups excluding tert-OH is 2. The van der Waals surface area contributed by atoms with Gasteiger partial charge in [0.2, 0.25) is 5.90 Å². The summed E-state index contributed by atoms with van der Waals surface area (Å²) in [7, 11) is 0. The maximum absolute atomic E-state index is 14.6. The maximum atomic E-state index is 14.6. The van der Waals surface area contributed by atoms with Gasteiger partial charge in [0, 0.05) is 35.5 Å². The van der Waals surface area contributed by atoms with E-state index in [1.165, 1.54) is 0 Å². The molecule has 0 unspecified atom stereocenters. The number of carbonyl (C=O) groups is 1. The van der Waals surface area contributed by atoms with E-state index in [2.05, 4.69) is 51.0 Å². The van der Waals surface area contributed by atoms with Crippen molar-refractivity contribution in [3.8, 4) is 16.9 Å². The molecule has 9 heteroatoms. The Morgan fingerprint density at radius 3 is 2.23 bits per heavy atom. The number of amides is 1. The van der Waals surface area contributed by atoms with Crippen molar-refractivity contribution in [2.24, 2.45) is 4.99 Å². The minimum atomic E-state index is -1.36. The van der Waals surface area contributed by atoms with Gasteiger partial charge in [0.25, 0.3) is 5.91 Å². The molecule has 1 saturated carbocycles. The van der Waals surface area contributed by atoms with Crippen LogP contribution in [0.2, 0.25) is 0 Å². The molecule has 4 aromatic rings. The highest BCUT2D eigenvalue weighted by Crippen LogP contribution is 2.43. The second-order valence-corrected chi connectivity index (χ2v) is 13.0. The van der Waals surface area contributed by atoms with Crippen molar-refractivity contribution in [1.29, 1.82) is 0 Å². The van der Waals surface area contributed by atoms with E-state index in [1.807, 2.05) is 78.9 Å². The molecule has 1 aliphatic carbocycles. The smallest absolute Gasteiger partial charge is 0.266 e. The minimum Gasteiger partial charge on any atom is -0.494 e. The van der Waals surface area contributed by atoms with E-state index in [9.17, 15) is 9.90 Å². The van der Waals surface area contributed by atoms with Crippen LogP contribution in [0.15, 0.2) is 113 Å². The molecule has 0 saturated heterocycles. The van der Waals surface area contributed by atoms with Gasteiger partial charge in [-0.2, -0.15) is 0 Å². The van der Waals surface area contributed by atoms with E-state index in [0.717, 1.165) is 45.1 Å². The first kappa shape index (κ1) is 32.9. The molecule has 0 spiro atoms. The van der Waals surface area contributed by atoms with Gasteiger partial charge in [-0.1, -0.05) is 88.7 Å². The van der Waals surface area contributed by atoms with Gasteiger partial charge in [0.1, 0.15) is 5.75 Å². The summed E-state index contributed by atoms with van der Waals surface area (Å²) >= 11 is 3.70. The van der Waals surface area contributed by atoms with Crippen LogP contribution in [0.25, 0.3) is 11.1 Å². The molecule has 4 N–H and O–H groups in total. The Kier molecular flexibility index (Phi) is 10.7. The molecule has 1 amide bonds. The van der Waals surface area contributed by atoms with Crippen LogP contribution in [0.4, 0.5) is 0 Å². The summed E-state index contributed by atoms with van der Waals surface area (Å²) < 4.78 is 13.3. The number of hydrazine groups is 1. The zero-order valence-electron chi connectivity index (χ0n) is 26.1. The molecule has 2 atom stereocenters. The third-order valence-electron chi connectivity index (χ3n) is 8.85. The highest BCUT2D eigenvalue weighted by molar-refractivity contribution is 9.10. The Balaban J connectivity index is 1.38. The van der Waals surface area contributed by atoms with Gasteiger partial charge in [-0.25, -0.2) is 10.4 Å². The molecule has 8 nitrogen and oxygen atoms in total. The molecule has 2 aliphatic rings. The zero-order chi connectivity index (χ0) is 32.6. The number of carbonyl (C=O) groups excluding carboxylic acids is 1. The molecule has 4 aromatic carbocycles. The molecule has 47 heavy (non-hydrogen) atoms. The Bertz CT molecular complexity index is 1660. The van der Waals surface area contributed by atoms with E-state index < -0.39 is 11.6 Å². The first-order chi connectivity index (χ1) is 22.9. The Morgan fingerprint density at radius 2 is 1.53 bits per heavy atom. The summed E-state index contributed by atoms with van der Waals surface area (Å²) in [5.74, 6) is 0.746. The second kappa shape index (κ2) is 15.3. The van der Waals surface area contributed by atoms with Gasteiger partial charge < -0.3 is 19.7 Å². The number of hydrogen-bond donors (Lipinski definition) is 4. The molecule has 1 heterocycles. The molecule has 244 valence electrons. The maximum Gasteiger partial charge on any atom is 0.266 e. The van der Waals surface area contributed by atoms with Crippen LogP contribution in [0, 0.1) is 0 Å². The van der Waals surface area contributed by atoms with Crippen molar-refractivity contribution >= 4 is 27.7 Å². The van der Waals surface area contributed by atoms with Gasteiger partial charge >= 0.3 is 0 Å².